The third-order valence-corrected chi connectivity index (χ3v) is 0.954. The van der Waals surface area contributed by atoms with Gasteiger partial charge in [-0.3, -0.25) is 0 Å². The largest absolute Gasteiger partial charge is 0.394 e. The predicted octanol–water partition coefficient (Wildman–Crippen LogP) is 1.38. The summed E-state index contributed by atoms with van der Waals surface area (Å²) in [6.07, 6.45) is -3.04. The first-order chi connectivity index (χ1) is 5.08. The number of aromatic nitrogens is 2. The molecule has 1 radical (unpaired) electrons. The van der Waals surface area contributed by atoms with E-state index in [9.17, 15) is 13.2 Å². The lowest BCUT2D eigenvalue weighted by atomic mass is 10.3. The summed E-state index contributed by atoms with van der Waals surface area (Å²) < 4.78 is 35.0. The minimum absolute atomic E-state index is 0.132. The molecule has 1 rings (SSSR count). The second-order valence-corrected chi connectivity index (χ2v) is 1.91. The van der Waals surface area contributed by atoms with Crippen LogP contribution >= 0.6 is 0 Å². The molecule has 0 aromatic carbocycles. The molecule has 0 spiro atoms. The topological polar surface area (TPSA) is 25.8 Å². The molecular formula is C6H4F3N2. The first kappa shape index (κ1) is 7.97. The maximum Gasteiger partial charge on any atom is 0.394 e. The normalized spacial score (nSPS) is 11.5. The van der Waals surface area contributed by atoms with Crippen LogP contribution in [0.25, 0.3) is 0 Å². The van der Waals surface area contributed by atoms with Crippen molar-refractivity contribution in [3.05, 3.63) is 24.3 Å². The molecular weight excluding hydrogens is 157 g/mol. The van der Waals surface area contributed by atoms with Gasteiger partial charge in [-0.15, -0.1) is 0 Å². The number of nitrogens with zero attached hydrogens (tertiary/aromatic N) is 2. The Morgan fingerprint density at radius 1 is 1.45 bits per heavy atom. The highest BCUT2D eigenvalue weighted by Crippen LogP contribution is 2.18. The molecule has 0 fully saturated rings. The van der Waals surface area contributed by atoms with Gasteiger partial charge in [-0.05, 0) is 0 Å². The van der Waals surface area contributed by atoms with Crippen molar-refractivity contribution in [3.63, 3.8) is 0 Å². The van der Waals surface area contributed by atoms with Crippen molar-refractivity contribution in [1.82, 2.24) is 9.97 Å². The van der Waals surface area contributed by atoms with E-state index < -0.39 is 12.6 Å². The Kier molecular flexibility index (Phi) is 2.07. The van der Waals surface area contributed by atoms with E-state index in [2.05, 4.69) is 16.0 Å². The Morgan fingerprint density at radius 3 is 2.64 bits per heavy atom. The summed E-state index contributed by atoms with van der Waals surface area (Å²) >= 11 is 0. The van der Waals surface area contributed by atoms with Crippen LogP contribution in [0.1, 0.15) is 5.69 Å². The van der Waals surface area contributed by atoms with E-state index in [-0.39, 0.29) is 5.69 Å². The minimum atomic E-state index is -4.22. The average Bonchev–Trinajstić information content (AvgIpc) is 1.85. The molecule has 0 aliphatic rings. The molecule has 5 heteroatoms. The van der Waals surface area contributed by atoms with E-state index in [1.165, 1.54) is 0 Å². The number of rotatable bonds is 1. The molecule has 0 aliphatic heterocycles. The zero-order valence-corrected chi connectivity index (χ0v) is 5.39. The van der Waals surface area contributed by atoms with Gasteiger partial charge in [-0.25, -0.2) is 9.97 Å². The maximum atomic E-state index is 11.7. The summed E-state index contributed by atoms with van der Waals surface area (Å²) in [5.74, 6) is 0. The van der Waals surface area contributed by atoms with Crippen molar-refractivity contribution in [2.75, 3.05) is 0 Å². The fourth-order valence-electron chi connectivity index (χ4n) is 0.572. The SMILES string of the molecule is FC(F)(F)Cc1[c]cncn1. The van der Waals surface area contributed by atoms with Crippen LogP contribution in [0.5, 0.6) is 0 Å². The lowest BCUT2D eigenvalue weighted by Crippen LogP contribution is -2.12. The quantitative estimate of drug-likeness (QED) is 0.621. The van der Waals surface area contributed by atoms with Crippen molar-refractivity contribution in [2.24, 2.45) is 0 Å². The summed E-state index contributed by atoms with van der Waals surface area (Å²) in [6.45, 7) is 0. The molecule has 0 aliphatic carbocycles. The zero-order valence-electron chi connectivity index (χ0n) is 5.39. The Bertz CT molecular complexity index is 219. The van der Waals surface area contributed by atoms with Gasteiger partial charge in [-0.1, -0.05) is 0 Å². The van der Waals surface area contributed by atoms with Crippen LogP contribution in [0.2, 0.25) is 0 Å². The molecule has 1 heterocycles. The average molecular weight is 161 g/mol. The highest BCUT2D eigenvalue weighted by Gasteiger charge is 2.28. The molecule has 0 saturated heterocycles. The third-order valence-electron chi connectivity index (χ3n) is 0.954. The minimum Gasteiger partial charge on any atom is -0.244 e. The monoisotopic (exact) mass is 161 g/mol. The van der Waals surface area contributed by atoms with Crippen molar-refractivity contribution >= 4 is 0 Å². The molecule has 0 N–H and O–H groups in total. The molecule has 1 aromatic rings. The molecule has 1 aromatic heterocycles. The van der Waals surface area contributed by atoms with E-state index >= 15 is 0 Å². The van der Waals surface area contributed by atoms with E-state index in [1.54, 1.807) is 0 Å². The lowest BCUT2D eigenvalue weighted by molar-refractivity contribution is -0.127. The van der Waals surface area contributed by atoms with Crippen molar-refractivity contribution in [2.45, 2.75) is 12.6 Å². The number of hydrogen-bond donors (Lipinski definition) is 0. The van der Waals surface area contributed by atoms with Crippen LogP contribution in [0.4, 0.5) is 13.2 Å². The fourth-order valence-corrected chi connectivity index (χ4v) is 0.572. The van der Waals surface area contributed by atoms with Gasteiger partial charge in [0.25, 0.3) is 0 Å². The molecule has 0 bridgehead atoms. The number of halogens is 3. The van der Waals surface area contributed by atoms with Crippen LogP contribution in [0.3, 0.4) is 0 Å². The first-order valence-corrected chi connectivity index (χ1v) is 2.81. The van der Waals surface area contributed by atoms with Gasteiger partial charge >= 0.3 is 6.18 Å². The molecule has 0 saturated carbocycles. The van der Waals surface area contributed by atoms with Gasteiger partial charge < -0.3 is 0 Å². The van der Waals surface area contributed by atoms with E-state index in [4.69, 9.17) is 0 Å². The molecule has 0 unspecified atom stereocenters. The summed E-state index contributed by atoms with van der Waals surface area (Å²) in [5, 5.41) is 0. The van der Waals surface area contributed by atoms with Gasteiger partial charge in [0, 0.05) is 12.3 Å². The van der Waals surface area contributed by atoms with E-state index in [0.29, 0.717) is 0 Å². The van der Waals surface area contributed by atoms with Crippen LogP contribution in [-0.4, -0.2) is 16.1 Å². The van der Waals surface area contributed by atoms with Crippen molar-refractivity contribution in [1.29, 1.82) is 0 Å². The predicted molar refractivity (Wildman–Crippen MR) is 30.6 cm³/mol. The summed E-state index contributed by atoms with van der Waals surface area (Å²) in [5.41, 5.74) is -0.132. The first-order valence-electron chi connectivity index (χ1n) is 2.81. The smallest absolute Gasteiger partial charge is 0.244 e. The van der Waals surface area contributed by atoms with Crippen molar-refractivity contribution in [3.8, 4) is 0 Å². The molecule has 0 amide bonds. The van der Waals surface area contributed by atoms with Gasteiger partial charge in [0.15, 0.2) is 0 Å². The molecule has 2 nitrogen and oxygen atoms in total. The third kappa shape index (κ3) is 2.97. The summed E-state index contributed by atoms with van der Waals surface area (Å²) in [6, 6.07) is 2.28. The molecule has 0 atom stereocenters. The summed E-state index contributed by atoms with van der Waals surface area (Å²) in [4.78, 5) is 6.82. The van der Waals surface area contributed by atoms with Gasteiger partial charge in [0.1, 0.15) is 6.33 Å². The maximum absolute atomic E-state index is 11.7. The van der Waals surface area contributed by atoms with E-state index in [0.717, 1.165) is 12.5 Å². The highest BCUT2D eigenvalue weighted by atomic mass is 19.4. The van der Waals surface area contributed by atoms with Crippen molar-refractivity contribution < 1.29 is 13.2 Å². The zero-order chi connectivity index (χ0) is 8.32. The van der Waals surface area contributed by atoms with Crippen LogP contribution < -0.4 is 0 Å². The second kappa shape index (κ2) is 2.86. The molecule has 59 valence electrons. The second-order valence-electron chi connectivity index (χ2n) is 1.91. The Labute approximate surface area is 61.1 Å². The lowest BCUT2D eigenvalue weighted by Gasteiger charge is -2.03. The molecule has 11 heavy (non-hydrogen) atoms. The van der Waals surface area contributed by atoms with Crippen LogP contribution in [-0.2, 0) is 6.42 Å². The van der Waals surface area contributed by atoms with Crippen LogP contribution in [0.15, 0.2) is 12.5 Å². The Balaban J connectivity index is 2.66. The fraction of sp³-hybridized carbons (Fsp3) is 0.333. The number of hydrogen-bond acceptors (Lipinski definition) is 2. The van der Waals surface area contributed by atoms with Gasteiger partial charge in [0.05, 0.1) is 12.1 Å². The Morgan fingerprint density at radius 2 is 2.18 bits per heavy atom. The number of alkyl halides is 3. The van der Waals surface area contributed by atoms with Gasteiger partial charge in [0.2, 0.25) is 0 Å². The standard InChI is InChI=1S/C6H4F3N2/c7-6(8,9)3-5-1-2-10-4-11-5/h2,4H,3H2. The van der Waals surface area contributed by atoms with E-state index in [1.807, 2.05) is 0 Å². The summed E-state index contributed by atoms with van der Waals surface area (Å²) in [7, 11) is 0. The Hall–Kier alpha value is -1.13. The highest BCUT2D eigenvalue weighted by molar-refractivity contribution is 4.96. The van der Waals surface area contributed by atoms with Crippen LogP contribution in [0, 0.1) is 6.07 Å². The van der Waals surface area contributed by atoms with Gasteiger partial charge in [-0.2, -0.15) is 13.2 Å².